The van der Waals surface area contributed by atoms with Crippen molar-refractivity contribution in [2.45, 2.75) is 11.8 Å². The molecule has 0 saturated carbocycles. The number of furan rings is 1. The smallest absolute Gasteiger partial charge is 0.135 e. The predicted molar refractivity (Wildman–Crippen MR) is 186 cm³/mol. The maximum absolute atomic E-state index is 6.40. The van der Waals surface area contributed by atoms with Crippen LogP contribution in [-0.2, 0) is 0 Å². The maximum atomic E-state index is 6.40. The summed E-state index contributed by atoms with van der Waals surface area (Å²) in [5.74, 6) is 0.423. The van der Waals surface area contributed by atoms with Gasteiger partial charge in [0.05, 0.1) is 0 Å². The summed E-state index contributed by atoms with van der Waals surface area (Å²) in [6.45, 7) is 0. The molecule has 210 valence electrons. The van der Waals surface area contributed by atoms with Gasteiger partial charge in [0.1, 0.15) is 11.2 Å². The van der Waals surface area contributed by atoms with Crippen LogP contribution in [-0.4, -0.2) is 0 Å². The molecule has 1 heterocycles. The number of benzene rings is 7. The molecule has 1 nitrogen and oxygen atoms in total. The summed E-state index contributed by atoms with van der Waals surface area (Å²) in [6, 6.07) is 57.8. The second-order valence-corrected chi connectivity index (χ2v) is 12.4. The molecule has 1 heteroatoms. The molecule has 1 aromatic heterocycles. The van der Waals surface area contributed by atoms with Crippen LogP contribution in [0.3, 0.4) is 0 Å². The Morgan fingerprint density at radius 2 is 0.889 bits per heavy atom. The Morgan fingerprint density at radius 3 is 1.51 bits per heavy atom. The molecule has 2 unspecified atom stereocenters. The van der Waals surface area contributed by atoms with Crippen molar-refractivity contribution in [1.82, 2.24) is 0 Å². The highest BCUT2D eigenvalue weighted by Gasteiger charge is 2.42. The summed E-state index contributed by atoms with van der Waals surface area (Å²) in [5, 5.41) is 7.69. The number of hydrogen-bond acceptors (Lipinski definition) is 1. The molecule has 7 aromatic carbocycles. The van der Waals surface area contributed by atoms with Crippen molar-refractivity contribution in [3.63, 3.8) is 0 Å². The van der Waals surface area contributed by atoms with Gasteiger partial charge in [-0.25, -0.2) is 0 Å². The highest BCUT2D eigenvalue weighted by molar-refractivity contribution is 6.08. The van der Waals surface area contributed by atoms with Gasteiger partial charge in [0.25, 0.3) is 0 Å². The van der Waals surface area contributed by atoms with Gasteiger partial charge in [-0.05, 0) is 90.0 Å². The fourth-order valence-electron chi connectivity index (χ4n) is 8.25. The molecule has 0 fully saturated rings. The van der Waals surface area contributed by atoms with Gasteiger partial charge in [0.15, 0.2) is 0 Å². The van der Waals surface area contributed by atoms with Gasteiger partial charge in [-0.3, -0.25) is 0 Å². The molecule has 0 N–H and O–H groups in total. The summed E-state index contributed by atoms with van der Waals surface area (Å²) in [7, 11) is 0. The first-order valence-corrected chi connectivity index (χ1v) is 15.8. The lowest BCUT2D eigenvalue weighted by atomic mass is 9.70. The lowest BCUT2D eigenvalue weighted by Gasteiger charge is -2.32. The Bertz CT molecular complexity index is 2580. The topological polar surface area (TPSA) is 13.1 Å². The number of rotatable bonds is 3. The number of hydrogen-bond donors (Lipinski definition) is 0. The molecule has 2 atom stereocenters. The van der Waals surface area contributed by atoms with Crippen LogP contribution in [0.15, 0.2) is 162 Å². The van der Waals surface area contributed by atoms with Crippen LogP contribution >= 0.6 is 0 Å². The van der Waals surface area contributed by atoms with E-state index in [1.165, 1.54) is 65.7 Å². The molecule has 0 bridgehead atoms. The van der Waals surface area contributed by atoms with Crippen molar-refractivity contribution in [1.29, 1.82) is 0 Å². The van der Waals surface area contributed by atoms with Gasteiger partial charge in [-0.2, -0.15) is 0 Å². The first kappa shape index (κ1) is 24.7. The van der Waals surface area contributed by atoms with Crippen molar-refractivity contribution < 1.29 is 4.42 Å². The Hall–Kier alpha value is -5.66. The lowest BCUT2D eigenvalue weighted by molar-refractivity contribution is 0.669. The normalized spacial score (nSPS) is 16.8. The fraction of sp³-hybridized carbons (Fsp3) is 0.0455. The molecular weight excluding hydrogens is 544 g/mol. The molecule has 0 saturated heterocycles. The minimum Gasteiger partial charge on any atom is -0.456 e. The minimum atomic E-state index is 0.201. The second-order valence-electron chi connectivity index (χ2n) is 12.4. The van der Waals surface area contributed by atoms with Crippen LogP contribution in [0.1, 0.15) is 34.1 Å². The van der Waals surface area contributed by atoms with E-state index in [0.717, 1.165) is 21.9 Å². The molecule has 10 rings (SSSR count). The third-order valence-corrected chi connectivity index (χ3v) is 10.1. The Kier molecular flexibility index (Phi) is 5.18. The SMILES string of the molecule is c1ccc(C2=c3ccccc3=C(c3ccc4oc5ccc(-c6ccccc6)cc5c4c3)C3c4cccc5cccc(c45)C23)cc1. The third kappa shape index (κ3) is 3.56. The monoisotopic (exact) mass is 572 g/mol. The second kappa shape index (κ2) is 9.42. The Balaban J connectivity index is 1.30. The summed E-state index contributed by atoms with van der Waals surface area (Å²) in [6.07, 6.45) is 0. The number of fused-ring (bicyclic) bond motifs is 7. The molecule has 0 radical (unpaired) electrons. The lowest BCUT2D eigenvalue weighted by Crippen LogP contribution is -2.38. The average Bonchev–Trinajstić information content (AvgIpc) is 3.64. The van der Waals surface area contributed by atoms with E-state index >= 15 is 0 Å². The van der Waals surface area contributed by atoms with Crippen molar-refractivity contribution in [2.24, 2.45) is 0 Å². The van der Waals surface area contributed by atoms with E-state index in [1.54, 1.807) is 0 Å². The van der Waals surface area contributed by atoms with Crippen LogP contribution in [0, 0.1) is 0 Å². The molecule has 0 spiro atoms. The van der Waals surface area contributed by atoms with E-state index in [4.69, 9.17) is 4.42 Å². The van der Waals surface area contributed by atoms with Gasteiger partial charge in [0, 0.05) is 22.6 Å². The van der Waals surface area contributed by atoms with E-state index in [9.17, 15) is 0 Å². The quantitative estimate of drug-likeness (QED) is 0.205. The Labute approximate surface area is 261 Å². The van der Waals surface area contributed by atoms with Crippen LogP contribution in [0.4, 0.5) is 0 Å². The highest BCUT2D eigenvalue weighted by atomic mass is 16.3. The van der Waals surface area contributed by atoms with E-state index in [0.29, 0.717) is 0 Å². The van der Waals surface area contributed by atoms with Gasteiger partial charge in [-0.15, -0.1) is 0 Å². The van der Waals surface area contributed by atoms with E-state index in [-0.39, 0.29) is 11.8 Å². The van der Waals surface area contributed by atoms with Crippen molar-refractivity contribution in [3.05, 3.63) is 190 Å². The zero-order chi connectivity index (χ0) is 29.5. The van der Waals surface area contributed by atoms with E-state index in [2.05, 4.69) is 158 Å². The summed E-state index contributed by atoms with van der Waals surface area (Å²) in [5.41, 5.74) is 12.5. The first-order chi connectivity index (χ1) is 22.3. The molecule has 0 amide bonds. The van der Waals surface area contributed by atoms with E-state index < -0.39 is 0 Å². The van der Waals surface area contributed by atoms with Gasteiger partial charge >= 0.3 is 0 Å². The van der Waals surface area contributed by atoms with Crippen LogP contribution in [0.2, 0.25) is 0 Å². The molecule has 2 aliphatic rings. The predicted octanol–water partition coefficient (Wildman–Crippen LogP) is 9.70. The van der Waals surface area contributed by atoms with Crippen molar-refractivity contribution in [2.75, 3.05) is 0 Å². The van der Waals surface area contributed by atoms with Crippen LogP contribution < -0.4 is 10.4 Å². The average molecular weight is 573 g/mol. The standard InChI is InChI=1S/C44H28O/c1-3-11-27(12-4-1)30-21-23-38-36(25-30)37-26-31(22-24-39(37)45-38)42-33-18-8-7-17-32(33)41(29-13-5-2-6-14-29)43-34-19-9-15-28-16-10-20-35(40(28)34)44(42)43/h1-26,43-44H. The van der Waals surface area contributed by atoms with Gasteiger partial charge < -0.3 is 4.42 Å². The van der Waals surface area contributed by atoms with Crippen LogP contribution in [0.5, 0.6) is 0 Å². The van der Waals surface area contributed by atoms with E-state index in [1.807, 2.05) is 0 Å². The van der Waals surface area contributed by atoms with Gasteiger partial charge in [-0.1, -0.05) is 133 Å². The highest BCUT2D eigenvalue weighted by Crippen LogP contribution is 2.57. The van der Waals surface area contributed by atoms with Crippen molar-refractivity contribution in [3.8, 4) is 11.1 Å². The Morgan fingerprint density at radius 1 is 0.378 bits per heavy atom. The third-order valence-electron chi connectivity index (χ3n) is 10.1. The fourth-order valence-corrected chi connectivity index (χ4v) is 8.25. The molecule has 0 aliphatic heterocycles. The molecule has 45 heavy (non-hydrogen) atoms. The van der Waals surface area contributed by atoms with Crippen molar-refractivity contribution >= 4 is 43.9 Å². The first-order valence-electron chi connectivity index (χ1n) is 15.8. The largest absolute Gasteiger partial charge is 0.456 e. The summed E-state index contributed by atoms with van der Waals surface area (Å²) in [4.78, 5) is 0. The zero-order valence-electron chi connectivity index (χ0n) is 24.6. The molecule has 2 aliphatic carbocycles. The summed E-state index contributed by atoms with van der Waals surface area (Å²) < 4.78 is 6.40. The zero-order valence-corrected chi connectivity index (χ0v) is 24.6. The summed E-state index contributed by atoms with van der Waals surface area (Å²) >= 11 is 0. The van der Waals surface area contributed by atoms with Gasteiger partial charge in [0.2, 0.25) is 0 Å². The molecule has 8 aromatic rings. The minimum absolute atomic E-state index is 0.201. The van der Waals surface area contributed by atoms with Crippen LogP contribution in [0.25, 0.3) is 55.0 Å². The molecular formula is C44H28O. The maximum Gasteiger partial charge on any atom is 0.135 e.